The van der Waals surface area contributed by atoms with Gasteiger partial charge in [0.25, 0.3) is 0 Å². The van der Waals surface area contributed by atoms with Crippen LogP contribution in [0.15, 0.2) is 6.20 Å². The lowest BCUT2D eigenvalue weighted by atomic mass is 10.2. The maximum Gasteiger partial charge on any atom is 0.451 e. The third-order valence-electron chi connectivity index (χ3n) is 1.79. The van der Waals surface area contributed by atoms with Crippen LogP contribution in [-0.4, -0.2) is 27.7 Å². The second kappa shape index (κ2) is 5.19. The van der Waals surface area contributed by atoms with Gasteiger partial charge in [0.15, 0.2) is 0 Å². The van der Waals surface area contributed by atoms with Gasteiger partial charge in [0.2, 0.25) is 11.7 Å². The molecule has 1 aromatic heterocycles. The second-order valence-electron chi connectivity index (χ2n) is 3.92. The minimum atomic E-state index is -4.74. The molecule has 0 aliphatic carbocycles. The van der Waals surface area contributed by atoms with E-state index in [2.05, 4.69) is 9.97 Å². The van der Waals surface area contributed by atoms with Crippen LogP contribution in [0.1, 0.15) is 30.0 Å². The Morgan fingerprint density at radius 3 is 2.56 bits per heavy atom. The first kappa shape index (κ1) is 14.2. The average molecular weight is 264 g/mol. The summed E-state index contributed by atoms with van der Waals surface area (Å²) in [6, 6.07) is 0. The summed E-state index contributed by atoms with van der Waals surface area (Å²) in [4.78, 5) is 16.8. The molecule has 1 N–H and O–H groups in total. The van der Waals surface area contributed by atoms with Gasteiger partial charge in [-0.3, -0.25) is 0 Å². The molecule has 1 rings (SSSR count). The van der Waals surface area contributed by atoms with E-state index in [-0.39, 0.29) is 12.5 Å². The fourth-order valence-corrected chi connectivity index (χ4v) is 1.01. The Hall–Kier alpha value is -1.86. The van der Waals surface area contributed by atoms with Crippen LogP contribution in [0.4, 0.5) is 13.2 Å². The van der Waals surface area contributed by atoms with Gasteiger partial charge in [0.05, 0.1) is 6.61 Å². The zero-order chi connectivity index (χ0) is 13.9. The van der Waals surface area contributed by atoms with E-state index in [4.69, 9.17) is 9.84 Å². The summed E-state index contributed by atoms with van der Waals surface area (Å²) in [5.74, 6) is -3.41. The number of aromatic nitrogens is 2. The van der Waals surface area contributed by atoms with Crippen molar-refractivity contribution in [1.82, 2.24) is 9.97 Å². The first-order valence-electron chi connectivity index (χ1n) is 5.02. The van der Waals surface area contributed by atoms with E-state index in [1.54, 1.807) is 13.8 Å². The lowest BCUT2D eigenvalue weighted by molar-refractivity contribution is -0.145. The number of alkyl halides is 3. The number of aromatic carboxylic acids is 1. The number of carbonyl (C=O) groups is 1. The van der Waals surface area contributed by atoms with Crippen molar-refractivity contribution in [1.29, 1.82) is 0 Å². The van der Waals surface area contributed by atoms with E-state index in [1.165, 1.54) is 0 Å². The van der Waals surface area contributed by atoms with E-state index >= 15 is 0 Å². The molecule has 0 aromatic carbocycles. The maximum absolute atomic E-state index is 12.4. The summed E-state index contributed by atoms with van der Waals surface area (Å²) in [7, 11) is 0. The molecule has 0 saturated heterocycles. The molecule has 0 unspecified atom stereocenters. The quantitative estimate of drug-likeness (QED) is 0.902. The predicted molar refractivity (Wildman–Crippen MR) is 54.3 cm³/mol. The number of hydrogen-bond acceptors (Lipinski definition) is 4. The third kappa shape index (κ3) is 3.57. The van der Waals surface area contributed by atoms with Crippen molar-refractivity contribution in [2.24, 2.45) is 5.92 Å². The van der Waals surface area contributed by atoms with E-state index in [9.17, 15) is 18.0 Å². The lowest BCUT2D eigenvalue weighted by Crippen LogP contribution is -2.16. The zero-order valence-corrected chi connectivity index (χ0v) is 9.65. The SMILES string of the molecule is CC(C)COc1nc(C(F)(F)F)ncc1C(=O)O. The molecule has 1 heterocycles. The molecule has 100 valence electrons. The molecule has 0 bridgehead atoms. The smallest absolute Gasteiger partial charge is 0.451 e. The lowest BCUT2D eigenvalue weighted by Gasteiger charge is -2.11. The predicted octanol–water partition coefficient (Wildman–Crippen LogP) is 2.23. The summed E-state index contributed by atoms with van der Waals surface area (Å²) >= 11 is 0. The van der Waals surface area contributed by atoms with Crippen LogP contribution in [0.25, 0.3) is 0 Å². The molecule has 0 amide bonds. The molecular formula is C10H11F3N2O3. The Labute approximate surface area is 101 Å². The molecule has 0 aliphatic heterocycles. The van der Waals surface area contributed by atoms with Crippen molar-refractivity contribution in [2.75, 3.05) is 6.61 Å². The molecule has 0 aliphatic rings. The second-order valence-corrected chi connectivity index (χ2v) is 3.92. The average Bonchev–Trinajstić information content (AvgIpc) is 2.24. The minimum Gasteiger partial charge on any atom is -0.477 e. The molecule has 18 heavy (non-hydrogen) atoms. The van der Waals surface area contributed by atoms with Gasteiger partial charge in [-0.1, -0.05) is 13.8 Å². The largest absolute Gasteiger partial charge is 0.477 e. The number of halogens is 3. The molecule has 0 atom stereocenters. The monoisotopic (exact) mass is 264 g/mol. The van der Waals surface area contributed by atoms with Crippen LogP contribution in [-0.2, 0) is 6.18 Å². The molecular weight excluding hydrogens is 253 g/mol. The fourth-order valence-electron chi connectivity index (χ4n) is 1.01. The van der Waals surface area contributed by atoms with Gasteiger partial charge in [-0.25, -0.2) is 9.78 Å². The molecule has 8 heteroatoms. The van der Waals surface area contributed by atoms with Crippen molar-refractivity contribution in [2.45, 2.75) is 20.0 Å². The first-order chi connectivity index (χ1) is 8.21. The van der Waals surface area contributed by atoms with Gasteiger partial charge < -0.3 is 9.84 Å². The van der Waals surface area contributed by atoms with Crippen molar-refractivity contribution < 1.29 is 27.8 Å². The summed E-state index contributed by atoms with van der Waals surface area (Å²) in [5, 5.41) is 8.78. The zero-order valence-electron chi connectivity index (χ0n) is 9.65. The molecule has 0 spiro atoms. The maximum atomic E-state index is 12.4. The standard InChI is InChI=1S/C10H11F3N2O3/c1-5(2)4-18-7-6(8(16)17)3-14-9(15-7)10(11,12)13/h3,5H,4H2,1-2H3,(H,16,17). The molecule has 0 radical (unpaired) electrons. The van der Waals surface area contributed by atoms with E-state index < -0.39 is 29.4 Å². The summed E-state index contributed by atoms with van der Waals surface area (Å²) in [5.41, 5.74) is -0.497. The van der Waals surface area contributed by atoms with Crippen molar-refractivity contribution >= 4 is 5.97 Å². The van der Waals surface area contributed by atoms with Crippen LogP contribution in [0.5, 0.6) is 5.88 Å². The molecule has 0 fully saturated rings. The number of ether oxygens (including phenoxy) is 1. The first-order valence-corrected chi connectivity index (χ1v) is 5.02. The summed E-state index contributed by atoms with van der Waals surface area (Å²) in [6.45, 7) is 3.60. The third-order valence-corrected chi connectivity index (χ3v) is 1.79. The molecule has 1 aromatic rings. The van der Waals surface area contributed by atoms with Crippen LogP contribution in [0.2, 0.25) is 0 Å². The van der Waals surface area contributed by atoms with Gasteiger partial charge in [0.1, 0.15) is 5.56 Å². The van der Waals surface area contributed by atoms with Crippen molar-refractivity contribution in [3.8, 4) is 5.88 Å². The highest BCUT2D eigenvalue weighted by Crippen LogP contribution is 2.28. The van der Waals surface area contributed by atoms with E-state index in [0.717, 1.165) is 0 Å². The summed E-state index contributed by atoms with van der Waals surface area (Å²) in [6.07, 6.45) is -4.15. The normalized spacial score (nSPS) is 11.7. The highest BCUT2D eigenvalue weighted by atomic mass is 19.4. The highest BCUT2D eigenvalue weighted by molar-refractivity contribution is 5.89. The van der Waals surface area contributed by atoms with Gasteiger partial charge in [-0.05, 0) is 5.92 Å². The number of carboxylic acid groups (broad SMARTS) is 1. The Kier molecular flexibility index (Phi) is 4.10. The number of rotatable bonds is 4. The van der Waals surface area contributed by atoms with Gasteiger partial charge >= 0.3 is 12.1 Å². The number of nitrogens with zero attached hydrogens (tertiary/aromatic N) is 2. The minimum absolute atomic E-state index is 0.0240. The van der Waals surface area contributed by atoms with Crippen molar-refractivity contribution in [3.05, 3.63) is 17.6 Å². The summed E-state index contributed by atoms with van der Waals surface area (Å²) < 4.78 is 42.1. The Balaban J connectivity index is 3.12. The van der Waals surface area contributed by atoms with Gasteiger partial charge in [-0.2, -0.15) is 18.2 Å². The van der Waals surface area contributed by atoms with Gasteiger partial charge in [-0.15, -0.1) is 0 Å². The molecule has 0 saturated carbocycles. The van der Waals surface area contributed by atoms with Crippen LogP contribution in [0, 0.1) is 5.92 Å². The van der Waals surface area contributed by atoms with Crippen LogP contribution in [0.3, 0.4) is 0 Å². The Bertz CT molecular complexity index is 446. The topological polar surface area (TPSA) is 72.3 Å². The highest BCUT2D eigenvalue weighted by Gasteiger charge is 2.36. The van der Waals surface area contributed by atoms with Crippen LogP contribution < -0.4 is 4.74 Å². The van der Waals surface area contributed by atoms with Gasteiger partial charge in [0, 0.05) is 6.20 Å². The van der Waals surface area contributed by atoms with Crippen LogP contribution >= 0.6 is 0 Å². The number of hydrogen-bond donors (Lipinski definition) is 1. The molecule has 5 nitrogen and oxygen atoms in total. The Morgan fingerprint density at radius 2 is 2.11 bits per heavy atom. The number of carboxylic acids is 1. The Morgan fingerprint density at radius 1 is 1.50 bits per heavy atom. The fraction of sp³-hybridized carbons (Fsp3) is 0.500. The van der Waals surface area contributed by atoms with Crippen molar-refractivity contribution in [3.63, 3.8) is 0 Å². The van der Waals surface area contributed by atoms with E-state index in [1.807, 2.05) is 0 Å². The van der Waals surface area contributed by atoms with E-state index in [0.29, 0.717) is 6.20 Å².